The van der Waals surface area contributed by atoms with Crippen LogP contribution in [-0.2, 0) is 4.79 Å². The standard InChI is InChI=1S/C16H23NO3/c1-5-12(16(18)19)17-9-15(10(2)3)20-14-7-6-11(4)8-13(14)17/h6-8,10,12,15H,5,9H2,1-4H3,(H,18,19). The maximum Gasteiger partial charge on any atom is 0.326 e. The van der Waals surface area contributed by atoms with Gasteiger partial charge in [0.25, 0.3) is 0 Å². The largest absolute Gasteiger partial charge is 0.486 e. The second kappa shape index (κ2) is 5.73. The molecule has 2 unspecified atom stereocenters. The number of rotatable bonds is 4. The minimum atomic E-state index is -0.774. The fourth-order valence-electron chi connectivity index (χ4n) is 2.61. The predicted octanol–water partition coefficient (Wildman–Crippen LogP) is 3.08. The molecule has 1 heterocycles. The zero-order chi connectivity index (χ0) is 14.9. The molecule has 0 spiro atoms. The summed E-state index contributed by atoms with van der Waals surface area (Å²) >= 11 is 0. The molecule has 1 aliphatic rings. The van der Waals surface area contributed by atoms with Gasteiger partial charge in [-0.15, -0.1) is 0 Å². The van der Waals surface area contributed by atoms with Crippen LogP contribution in [0, 0.1) is 12.8 Å². The lowest BCUT2D eigenvalue weighted by molar-refractivity contribution is -0.138. The van der Waals surface area contributed by atoms with Crippen molar-refractivity contribution in [1.82, 2.24) is 0 Å². The van der Waals surface area contributed by atoms with Crippen molar-refractivity contribution in [3.63, 3.8) is 0 Å². The lowest BCUT2D eigenvalue weighted by atomic mass is 10.0. The third-order valence-corrected chi connectivity index (χ3v) is 3.87. The molecule has 0 bridgehead atoms. The van der Waals surface area contributed by atoms with Gasteiger partial charge in [-0.3, -0.25) is 0 Å². The van der Waals surface area contributed by atoms with Crippen molar-refractivity contribution in [1.29, 1.82) is 0 Å². The number of aryl methyl sites for hydroxylation is 1. The van der Waals surface area contributed by atoms with Gasteiger partial charge in [-0.1, -0.05) is 26.8 Å². The molecule has 0 aliphatic carbocycles. The first kappa shape index (κ1) is 14.7. The lowest BCUT2D eigenvalue weighted by Gasteiger charge is -2.40. The van der Waals surface area contributed by atoms with Crippen LogP contribution in [0.1, 0.15) is 32.8 Å². The first-order chi connectivity index (χ1) is 9.43. The monoisotopic (exact) mass is 277 g/mol. The fourth-order valence-corrected chi connectivity index (χ4v) is 2.61. The van der Waals surface area contributed by atoms with Crippen LogP contribution in [0.3, 0.4) is 0 Å². The number of aliphatic carboxylic acids is 1. The average molecular weight is 277 g/mol. The van der Waals surface area contributed by atoms with E-state index in [4.69, 9.17) is 4.74 Å². The molecule has 4 heteroatoms. The number of hydrogen-bond acceptors (Lipinski definition) is 3. The summed E-state index contributed by atoms with van der Waals surface area (Å²) < 4.78 is 6.02. The smallest absolute Gasteiger partial charge is 0.326 e. The fraction of sp³-hybridized carbons (Fsp3) is 0.562. The van der Waals surface area contributed by atoms with E-state index < -0.39 is 12.0 Å². The van der Waals surface area contributed by atoms with E-state index in [0.29, 0.717) is 18.9 Å². The summed E-state index contributed by atoms with van der Waals surface area (Å²) in [7, 11) is 0. The van der Waals surface area contributed by atoms with Crippen LogP contribution in [0.5, 0.6) is 5.75 Å². The molecule has 0 aromatic heterocycles. The highest BCUT2D eigenvalue weighted by molar-refractivity contribution is 5.80. The Morgan fingerprint density at radius 3 is 2.75 bits per heavy atom. The molecule has 1 aromatic rings. The highest BCUT2D eigenvalue weighted by atomic mass is 16.5. The molecular weight excluding hydrogens is 254 g/mol. The van der Waals surface area contributed by atoms with Crippen molar-refractivity contribution in [3.05, 3.63) is 23.8 Å². The molecule has 4 nitrogen and oxygen atoms in total. The Morgan fingerprint density at radius 1 is 1.50 bits per heavy atom. The average Bonchev–Trinajstić information content (AvgIpc) is 2.39. The van der Waals surface area contributed by atoms with Crippen LogP contribution in [-0.4, -0.2) is 29.8 Å². The summed E-state index contributed by atoms with van der Waals surface area (Å²) in [6.07, 6.45) is 0.603. The zero-order valence-electron chi connectivity index (χ0n) is 12.6. The van der Waals surface area contributed by atoms with E-state index in [9.17, 15) is 9.90 Å². The number of carboxylic acid groups (broad SMARTS) is 1. The van der Waals surface area contributed by atoms with Crippen molar-refractivity contribution in [2.75, 3.05) is 11.4 Å². The van der Waals surface area contributed by atoms with E-state index in [0.717, 1.165) is 17.0 Å². The second-order valence-electron chi connectivity index (χ2n) is 5.79. The van der Waals surface area contributed by atoms with Gasteiger partial charge < -0.3 is 14.7 Å². The topological polar surface area (TPSA) is 49.8 Å². The quantitative estimate of drug-likeness (QED) is 0.919. The van der Waals surface area contributed by atoms with Crippen molar-refractivity contribution < 1.29 is 14.6 Å². The van der Waals surface area contributed by atoms with Crippen LogP contribution in [0.2, 0.25) is 0 Å². The summed E-state index contributed by atoms with van der Waals surface area (Å²) in [5.41, 5.74) is 2.01. The van der Waals surface area contributed by atoms with E-state index in [-0.39, 0.29) is 6.10 Å². The van der Waals surface area contributed by atoms with Crippen molar-refractivity contribution in [3.8, 4) is 5.75 Å². The number of nitrogens with zero attached hydrogens (tertiary/aromatic N) is 1. The van der Waals surface area contributed by atoms with Gasteiger partial charge in [-0.2, -0.15) is 0 Å². The maximum absolute atomic E-state index is 11.5. The van der Waals surface area contributed by atoms with E-state index in [1.165, 1.54) is 0 Å². The Morgan fingerprint density at radius 2 is 2.20 bits per heavy atom. The van der Waals surface area contributed by atoms with Crippen LogP contribution in [0.25, 0.3) is 0 Å². The maximum atomic E-state index is 11.5. The van der Waals surface area contributed by atoms with Gasteiger partial charge in [-0.25, -0.2) is 4.79 Å². The highest BCUT2D eigenvalue weighted by Crippen LogP contribution is 2.37. The third kappa shape index (κ3) is 2.74. The van der Waals surface area contributed by atoms with E-state index in [2.05, 4.69) is 13.8 Å². The molecular formula is C16H23NO3. The molecule has 0 saturated heterocycles. The molecule has 0 amide bonds. The van der Waals surface area contributed by atoms with Crippen molar-refractivity contribution in [2.45, 2.75) is 46.3 Å². The van der Waals surface area contributed by atoms with Gasteiger partial charge >= 0.3 is 5.97 Å². The molecule has 110 valence electrons. The SMILES string of the molecule is CCC(C(=O)O)N1CC(C(C)C)Oc2ccc(C)cc21. The Bertz CT molecular complexity index is 498. The van der Waals surface area contributed by atoms with Crippen molar-refractivity contribution >= 4 is 11.7 Å². The number of carbonyl (C=O) groups is 1. The van der Waals surface area contributed by atoms with Crippen molar-refractivity contribution in [2.24, 2.45) is 5.92 Å². The molecule has 0 fully saturated rings. The summed E-state index contributed by atoms with van der Waals surface area (Å²) in [4.78, 5) is 13.5. The summed E-state index contributed by atoms with van der Waals surface area (Å²) in [6, 6.07) is 5.46. The van der Waals surface area contributed by atoms with E-state index >= 15 is 0 Å². The Hall–Kier alpha value is -1.71. The minimum absolute atomic E-state index is 0.0265. The van der Waals surface area contributed by atoms with Gasteiger partial charge in [0.1, 0.15) is 17.9 Å². The second-order valence-corrected chi connectivity index (χ2v) is 5.79. The van der Waals surface area contributed by atoms with E-state index in [1.54, 1.807) is 0 Å². The van der Waals surface area contributed by atoms with Crippen LogP contribution in [0.4, 0.5) is 5.69 Å². The Labute approximate surface area is 120 Å². The number of anilines is 1. The zero-order valence-corrected chi connectivity index (χ0v) is 12.6. The molecule has 1 N–H and O–H groups in total. The summed E-state index contributed by atoms with van der Waals surface area (Å²) in [5.74, 6) is 0.364. The summed E-state index contributed by atoms with van der Waals surface area (Å²) in [6.45, 7) is 8.75. The van der Waals surface area contributed by atoms with Crippen LogP contribution in [0.15, 0.2) is 18.2 Å². The van der Waals surface area contributed by atoms with Gasteiger partial charge in [-0.05, 0) is 37.0 Å². The highest BCUT2D eigenvalue weighted by Gasteiger charge is 2.34. The molecule has 1 aliphatic heterocycles. The van der Waals surface area contributed by atoms with Gasteiger partial charge in [0.15, 0.2) is 0 Å². The number of carboxylic acids is 1. The lowest BCUT2D eigenvalue weighted by Crippen LogP contribution is -2.50. The molecule has 2 atom stereocenters. The molecule has 0 saturated carbocycles. The number of fused-ring (bicyclic) bond motifs is 1. The number of hydrogen-bond donors (Lipinski definition) is 1. The molecule has 20 heavy (non-hydrogen) atoms. The first-order valence-electron chi connectivity index (χ1n) is 7.20. The van der Waals surface area contributed by atoms with Crippen LogP contribution < -0.4 is 9.64 Å². The molecule has 2 rings (SSSR count). The van der Waals surface area contributed by atoms with Gasteiger partial charge in [0.05, 0.1) is 12.2 Å². The summed E-state index contributed by atoms with van der Waals surface area (Å²) in [5, 5.41) is 9.46. The third-order valence-electron chi connectivity index (χ3n) is 3.87. The van der Waals surface area contributed by atoms with Crippen LogP contribution >= 0.6 is 0 Å². The first-order valence-corrected chi connectivity index (χ1v) is 7.20. The molecule has 1 aromatic carbocycles. The Balaban J connectivity index is 2.44. The van der Waals surface area contributed by atoms with E-state index in [1.807, 2.05) is 36.9 Å². The van der Waals surface area contributed by atoms with Gasteiger partial charge in [0.2, 0.25) is 0 Å². The number of benzene rings is 1. The predicted molar refractivity (Wildman–Crippen MR) is 79.5 cm³/mol. The molecule has 0 radical (unpaired) electrons. The Kier molecular flexibility index (Phi) is 4.21. The number of ether oxygens (including phenoxy) is 1. The minimum Gasteiger partial charge on any atom is -0.486 e. The normalized spacial score (nSPS) is 19.4. The van der Waals surface area contributed by atoms with Gasteiger partial charge in [0, 0.05) is 0 Å².